The molecule has 0 radical (unpaired) electrons. The van der Waals surface area contributed by atoms with Crippen LogP contribution in [0.5, 0.6) is 23.0 Å². The zero-order valence-corrected chi connectivity index (χ0v) is 28.6. The van der Waals surface area contributed by atoms with Crippen molar-refractivity contribution in [1.29, 1.82) is 0 Å². The average Bonchev–Trinajstić information content (AvgIpc) is 3.38. The van der Waals surface area contributed by atoms with E-state index < -0.39 is 23.7 Å². The molecule has 3 aromatic rings. The maximum atomic E-state index is 14.3. The molecule has 4 unspecified atom stereocenters. The Hall–Kier alpha value is -5.41. The number of ketones is 2. The highest BCUT2D eigenvalue weighted by atomic mass is 35.5. The van der Waals surface area contributed by atoms with Gasteiger partial charge in [0.25, 0.3) is 0 Å². The minimum absolute atomic E-state index is 0.0268. The van der Waals surface area contributed by atoms with E-state index in [1.165, 1.54) is 18.1 Å². The third-order valence-corrected chi connectivity index (χ3v) is 10.5. The number of benzene rings is 3. The molecule has 0 bridgehead atoms. The van der Waals surface area contributed by atoms with E-state index in [9.17, 15) is 24.3 Å². The summed E-state index contributed by atoms with van der Waals surface area (Å²) in [7, 11) is 4.59. The number of rotatable bonds is 7. The van der Waals surface area contributed by atoms with E-state index in [0.29, 0.717) is 45.9 Å². The number of halogens is 1. The van der Waals surface area contributed by atoms with Crippen molar-refractivity contribution in [1.82, 2.24) is 0 Å². The Labute approximate surface area is 294 Å². The van der Waals surface area contributed by atoms with Gasteiger partial charge in [-0.05, 0) is 85.4 Å². The standard InChI is InChI=1S/C40H34ClNO8/c1-20-15-31(43)29-19-28-26(34(36(29)37(20)44)23-17-30(41)38(45)33(18-23)50-4)12-13-27-35(28)40(47)42(39(27)46)24-9-6-21(7-10-24)5-8-22-16-25(48-2)11-14-32(22)49-3/h5-12,14-18,27-28,34-35,45H,13,19H2,1-4H3. The van der Waals surface area contributed by atoms with Gasteiger partial charge in [0.1, 0.15) is 11.5 Å². The monoisotopic (exact) mass is 691 g/mol. The molecule has 7 rings (SSSR count). The van der Waals surface area contributed by atoms with Crippen LogP contribution in [0.15, 0.2) is 89.0 Å². The molecule has 1 heterocycles. The molecule has 50 heavy (non-hydrogen) atoms. The van der Waals surface area contributed by atoms with Gasteiger partial charge in [0.2, 0.25) is 11.8 Å². The number of fused-ring (bicyclic) bond motifs is 3. The second-order valence-corrected chi connectivity index (χ2v) is 13.2. The Morgan fingerprint density at radius 2 is 1.60 bits per heavy atom. The Bertz CT molecular complexity index is 2110. The number of phenols is 1. The lowest BCUT2D eigenvalue weighted by Gasteiger charge is -2.42. The van der Waals surface area contributed by atoms with Crippen LogP contribution in [0.4, 0.5) is 5.69 Å². The summed E-state index contributed by atoms with van der Waals surface area (Å²) in [5, 5.41) is 10.5. The van der Waals surface area contributed by atoms with Gasteiger partial charge in [-0.2, -0.15) is 0 Å². The Balaban J connectivity index is 1.22. The molecule has 0 spiro atoms. The van der Waals surface area contributed by atoms with Gasteiger partial charge < -0.3 is 19.3 Å². The van der Waals surface area contributed by atoms with Crippen LogP contribution < -0.4 is 19.1 Å². The lowest BCUT2D eigenvalue weighted by Crippen LogP contribution is -2.39. The Morgan fingerprint density at radius 3 is 2.30 bits per heavy atom. The summed E-state index contributed by atoms with van der Waals surface area (Å²) < 4.78 is 16.2. The van der Waals surface area contributed by atoms with Gasteiger partial charge in [-0.3, -0.25) is 24.1 Å². The molecule has 1 saturated heterocycles. The van der Waals surface area contributed by atoms with E-state index in [2.05, 4.69) is 0 Å². The minimum Gasteiger partial charge on any atom is -0.503 e. The van der Waals surface area contributed by atoms with Crippen molar-refractivity contribution in [2.75, 3.05) is 26.2 Å². The van der Waals surface area contributed by atoms with Gasteiger partial charge in [-0.25, -0.2) is 0 Å². The summed E-state index contributed by atoms with van der Waals surface area (Å²) in [6.45, 7) is 1.61. The van der Waals surface area contributed by atoms with Gasteiger partial charge in [0.05, 0.1) is 43.9 Å². The van der Waals surface area contributed by atoms with Crippen molar-refractivity contribution in [3.8, 4) is 23.0 Å². The SMILES string of the molecule is COc1ccc(OC)c(C=Cc2ccc(N3C(=O)C4CC=C5C(c6cc(Cl)c(O)c(OC)c6)C6=C(CC5C4C3=O)C(=O)C=C(C)C6=O)cc2)c1. The molecule has 10 heteroatoms. The quantitative estimate of drug-likeness (QED) is 0.123. The van der Waals surface area contributed by atoms with Crippen LogP contribution in [-0.4, -0.2) is 49.8 Å². The van der Waals surface area contributed by atoms with Gasteiger partial charge in [0.15, 0.2) is 23.1 Å². The molecule has 0 saturated carbocycles. The molecule has 254 valence electrons. The second kappa shape index (κ2) is 12.8. The lowest BCUT2D eigenvalue weighted by atomic mass is 9.59. The second-order valence-electron chi connectivity index (χ2n) is 12.8. The van der Waals surface area contributed by atoms with Crippen LogP contribution >= 0.6 is 11.6 Å². The number of carbonyl (C=O) groups is 4. The molecule has 1 aliphatic heterocycles. The smallest absolute Gasteiger partial charge is 0.238 e. The normalized spacial score (nSPS) is 23.0. The maximum Gasteiger partial charge on any atom is 0.238 e. The molecular weight excluding hydrogens is 658 g/mol. The van der Waals surface area contributed by atoms with Gasteiger partial charge in [0, 0.05) is 28.2 Å². The van der Waals surface area contributed by atoms with Crippen LogP contribution in [0.3, 0.4) is 0 Å². The molecule has 4 atom stereocenters. The number of amides is 2. The number of anilines is 1. The summed E-state index contributed by atoms with van der Waals surface area (Å²) in [5.41, 5.74) is 4.45. The van der Waals surface area contributed by atoms with Crippen LogP contribution in [0.1, 0.15) is 42.4 Å². The highest BCUT2D eigenvalue weighted by molar-refractivity contribution is 6.32. The van der Waals surface area contributed by atoms with Gasteiger partial charge in [-0.1, -0.05) is 47.5 Å². The maximum absolute atomic E-state index is 14.3. The van der Waals surface area contributed by atoms with Crippen molar-refractivity contribution >= 4 is 52.8 Å². The average molecular weight is 692 g/mol. The van der Waals surface area contributed by atoms with E-state index in [4.69, 9.17) is 25.8 Å². The number of nitrogens with zero attached hydrogens (tertiary/aromatic N) is 1. The predicted molar refractivity (Wildman–Crippen MR) is 188 cm³/mol. The van der Waals surface area contributed by atoms with E-state index in [1.54, 1.807) is 45.4 Å². The first-order chi connectivity index (χ1) is 24.1. The zero-order chi connectivity index (χ0) is 35.4. The van der Waals surface area contributed by atoms with Crippen molar-refractivity contribution in [3.05, 3.63) is 111 Å². The molecule has 1 N–H and O–H groups in total. The summed E-state index contributed by atoms with van der Waals surface area (Å²) in [5.74, 6) is -2.52. The number of Topliss-reactive ketones (excluding diaryl/α,β-unsaturated/α-hetero) is 1. The molecular formula is C40H34ClNO8. The van der Waals surface area contributed by atoms with Gasteiger partial charge >= 0.3 is 0 Å². The third kappa shape index (κ3) is 5.33. The van der Waals surface area contributed by atoms with E-state index >= 15 is 0 Å². The van der Waals surface area contributed by atoms with Crippen LogP contribution in [0, 0.1) is 17.8 Å². The van der Waals surface area contributed by atoms with Gasteiger partial charge in [-0.15, -0.1) is 0 Å². The largest absolute Gasteiger partial charge is 0.503 e. The van der Waals surface area contributed by atoms with Crippen molar-refractivity contribution in [3.63, 3.8) is 0 Å². The molecule has 9 nitrogen and oxygen atoms in total. The Morgan fingerprint density at radius 1 is 0.860 bits per heavy atom. The number of aromatic hydroxyl groups is 1. The van der Waals surface area contributed by atoms with Crippen LogP contribution in [-0.2, 0) is 19.2 Å². The van der Waals surface area contributed by atoms with Crippen LogP contribution in [0.2, 0.25) is 5.02 Å². The van der Waals surface area contributed by atoms with E-state index in [-0.39, 0.29) is 46.3 Å². The van der Waals surface area contributed by atoms with Crippen molar-refractivity contribution < 1.29 is 38.5 Å². The molecule has 3 aromatic carbocycles. The highest BCUT2D eigenvalue weighted by Gasteiger charge is 2.56. The highest BCUT2D eigenvalue weighted by Crippen LogP contribution is 2.56. The Kier molecular flexibility index (Phi) is 8.48. The number of carbonyl (C=O) groups excluding carboxylic acids is 4. The molecule has 2 amide bonds. The summed E-state index contributed by atoms with van der Waals surface area (Å²) in [6.07, 6.45) is 7.53. The molecule has 4 aliphatic rings. The fourth-order valence-corrected chi connectivity index (χ4v) is 8.02. The zero-order valence-electron chi connectivity index (χ0n) is 27.9. The van der Waals surface area contributed by atoms with Crippen molar-refractivity contribution in [2.24, 2.45) is 17.8 Å². The number of imide groups is 1. The van der Waals surface area contributed by atoms with Crippen LogP contribution in [0.25, 0.3) is 12.2 Å². The number of hydrogen-bond acceptors (Lipinski definition) is 8. The topological polar surface area (TPSA) is 119 Å². The number of phenolic OH excluding ortho intramolecular Hbond substituents is 1. The fraction of sp³-hybridized carbons (Fsp3) is 0.250. The first kappa shape index (κ1) is 33.1. The first-order valence-corrected chi connectivity index (χ1v) is 16.6. The summed E-state index contributed by atoms with van der Waals surface area (Å²) in [6, 6.07) is 15.8. The summed E-state index contributed by atoms with van der Waals surface area (Å²) in [4.78, 5) is 56.7. The first-order valence-electron chi connectivity index (χ1n) is 16.2. The predicted octanol–water partition coefficient (Wildman–Crippen LogP) is 6.88. The number of methoxy groups -OCH3 is 3. The van der Waals surface area contributed by atoms with Crippen molar-refractivity contribution in [2.45, 2.75) is 25.7 Å². The fourth-order valence-electron chi connectivity index (χ4n) is 7.80. The summed E-state index contributed by atoms with van der Waals surface area (Å²) >= 11 is 6.42. The molecule has 3 aliphatic carbocycles. The number of hydrogen-bond donors (Lipinski definition) is 1. The third-order valence-electron chi connectivity index (χ3n) is 10.2. The molecule has 1 fully saturated rings. The number of ether oxygens (including phenoxy) is 3. The molecule has 0 aromatic heterocycles. The van der Waals surface area contributed by atoms with E-state index in [1.807, 2.05) is 48.6 Å². The lowest BCUT2D eigenvalue weighted by molar-refractivity contribution is -0.123. The van der Waals surface area contributed by atoms with E-state index in [0.717, 1.165) is 16.7 Å². The number of allylic oxidation sites excluding steroid dienone is 6. The minimum atomic E-state index is -0.733.